The van der Waals surface area contributed by atoms with Crippen LogP contribution in [0, 0.1) is 0 Å². The van der Waals surface area contributed by atoms with Crippen LogP contribution in [0.25, 0.3) is 27.5 Å². The Morgan fingerprint density at radius 1 is 0.338 bits per heavy atom. The molecule has 4 aliphatic rings. The highest BCUT2D eigenvalue weighted by Gasteiger charge is 2.46. The normalized spacial score (nSPS) is 13.2. The minimum absolute atomic E-state index is 0.0384. The largest absolute Gasteiger partial charge is 0.311 e. The Morgan fingerprint density at radius 2 is 0.838 bits per heavy atom. The summed E-state index contributed by atoms with van der Waals surface area (Å²) in [6.45, 7) is 0.00379. The van der Waals surface area contributed by atoms with E-state index < -0.39 is 0 Å². The number of aromatic nitrogens is 1. The molecule has 4 nitrogen and oxygen atoms in total. The van der Waals surface area contributed by atoms with Crippen LogP contribution in [0.4, 0.5) is 51.2 Å². The molecule has 12 aromatic rings. The van der Waals surface area contributed by atoms with Gasteiger partial charge in [0, 0.05) is 81.5 Å². The molecule has 16 rings (SSSR count). The number of para-hydroxylation sites is 7. The summed E-state index contributed by atoms with van der Waals surface area (Å²) in [5, 5.41) is 2.61. The molecule has 0 amide bonds. The molecule has 0 N–H and O–H groups in total. The van der Waals surface area contributed by atoms with Crippen molar-refractivity contribution in [2.24, 2.45) is 0 Å². The van der Waals surface area contributed by atoms with Gasteiger partial charge >= 0.3 is 0 Å². The van der Waals surface area contributed by atoms with Gasteiger partial charge in [-0.05, 0) is 125 Å². The number of anilines is 9. The SMILES string of the molecule is c1ccc(N(c2ccccc2)c2cc3c4c(c2)Sc2c(cc5c6c2c2ccccc2n6-c2cc(N(c6ccccc6)c6ccccc6)cc6c2B5c2ccccc2N6c2ccccc2)B4c2ccccc2S3)cc1. The Labute approximate surface area is 439 Å². The van der Waals surface area contributed by atoms with E-state index in [1.165, 1.54) is 91.2 Å². The first-order valence-corrected chi connectivity index (χ1v) is 27.0. The van der Waals surface area contributed by atoms with E-state index in [1.807, 2.05) is 23.5 Å². The molecule has 5 heterocycles. The molecular weight excluding hydrogens is 935 g/mol. The number of hydrogen-bond donors (Lipinski definition) is 0. The standard InChI is InChI=1S/C66H42B2N4S2/c1-6-22-43(23-7-1)69(44-24-8-2-9-25-44)48-38-57-63-58(39-48)72-55-35-19-16-32-50(55)62-65(72)53(67(63)51-33-17-20-36-56(51)71(57)47-30-14-5-15-31-47)42-54-66(62)74-61-41-49(40-60-64(61)68(54)52-34-18-21-37-59(52)73-60)70(45-26-10-3-11-27-45)46-28-12-4-13-29-46/h1-42H. The fraction of sp³-hybridized carbons (Fsp3) is 0. The summed E-state index contributed by atoms with van der Waals surface area (Å²) in [6, 6.07) is 94.4. The van der Waals surface area contributed by atoms with Crippen molar-refractivity contribution in [1.29, 1.82) is 0 Å². The molecule has 11 aromatic carbocycles. The summed E-state index contributed by atoms with van der Waals surface area (Å²) < 4.78 is 2.64. The van der Waals surface area contributed by atoms with Gasteiger partial charge in [0.05, 0.1) is 16.7 Å². The van der Waals surface area contributed by atoms with Crippen LogP contribution < -0.4 is 47.5 Å². The summed E-state index contributed by atoms with van der Waals surface area (Å²) >= 11 is 3.89. The summed E-state index contributed by atoms with van der Waals surface area (Å²) in [4.78, 5) is 12.7. The molecule has 0 atom stereocenters. The molecule has 0 saturated heterocycles. The molecule has 0 saturated carbocycles. The molecule has 0 unspecified atom stereocenters. The van der Waals surface area contributed by atoms with Crippen molar-refractivity contribution in [3.05, 3.63) is 255 Å². The Bertz CT molecular complexity index is 4150. The van der Waals surface area contributed by atoms with Gasteiger partial charge in [0.15, 0.2) is 0 Å². The van der Waals surface area contributed by atoms with E-state index in [0.717, 1.165) is 39.8 Å². The lowest BCUT2D eigenvalue weighted by Crippen LogP contribution is -2.63. The van der Waals surface area contributed by atoms with Crippen LogP contribution in [0.15, 0.2) is 274 Å². The summed E-state index contributed by atoms with van der Waals surface area (Å²) in [6.07, 6.45) is 0. The lowest BCUT2D eigenvalue weighted by atomic mass is 9.31. The van der Waals surface area contributed by atoms with Gasteiger partial charge < -0.3 is 19.3 Å². The summed E-state index contributed by atoms with van der Waals surface area (Å²) in [5.41, 5.74) is 22.2. The Hall–Kier alpha value is -8.55. The van der Waals surface area contributed by atoms with E-state index in [1.54, 1.807) is 0 Å². The third kappa shape index (κ3) is 6.16. The molecule has 0 bridgehead atoms. The topological polar surface area (TPSA) is 14.7 Å². The van der Waals surface area contributed by atoms with Crippen LogP contribution in [-0.4, -0.2) is 18.0 Å². The van der Waals surface area contributed by atoms with Crippen molar-refractivity contribution >= 4 is 143 Å². The number of nitrogens with zero attached hydrogens (tertiary/aromatic N) is 4. The molecule has 344 valence electrons. The second kappa shape index (κ2) is 16.5. The maximum Gasteiger partial charge on any atom is 0.252 e. The quantitative estimate of drug-likeness (QED) is 0.147. The van der Waals surface area contributed by atoms with Gasteiger partial charge in [-0.2, -0.15) is 0 Å². The molecule has 0 aliphatic carbocycles. The Kier molecular flexibility index (Phi) is 9.36. The molecule has 74 heavy (non-hydrogen) atoms. The molecule has 0 fully saturated rings. The number of fused-ring (bicyclic) bond motifs is 12. The maximum absolute atomic E-state index is 2.65. The Morgan fingerprint density at radius 3 is 1.49 bits per heavy atom. The van der Waals surface area contributed by atoms with Gasteiger partial charge in [0.25, 0.3) is 6.71 Å². The van der Waals surface area contributed by atoms with Crippen LogP contribution in [0.5, 0.6) is 0 Å². The zero-order valence-electron chi connectivity index (χ0n) is 40.0. The highest BCUT2D eigenvalue weighted by Crippen LogP contribution is 2.50. The van der Waals surface area contributed by atoms with E-state index in [9.17, 15) is 0 Å². The van der Waals surface area contributed by atoms with Crippen LogP contribution in [0.2, 0.25) is 0 Å². The van der Waals surface area contributed by atoms with Gasteiger partial charge in [-0.25, -0.2) is 0 Å². The first kappa shape index (κ1) is 42.0. The van der Waals surface area contributed by atoms with Crippen molar-refractivity contribution in [2.75, 3.05) is 14.7 Å². The molecule has 0 radical (unpaired) electrons. The average molecular weight is 977 g/mol. The number of hydrogen-bond acceptors (Lipinski definition) is 5. The van der Waals surface area contributed by atoms with E-state index in [-0.39, 0.29) is 13.4 Å². The molecular formula is C66H42B2N4S2. The summed E-state index contributed by atoms with van der Waals surface area (Å²) in [7, 11) is 0. The highest BCUT2D eigenvalue weighted by molar-refractivity contribution is 8.01. The maximum atomic E-state index is 2.65. The van der Waals surface area contributed by atoms with Crippen LogP contribution in [-0.2, 0) is 0 Å². The number of benzene rings is 11. The van der Waals surface area contributed by atoms with Gasteiger partial charge in [0.1, 0.15) is 0 Å². The van der Waals surface area contributed by atoms with Gasteiger partial charge in [-0.1, -0.05) is 186 Å². The summed E-state index contributed by atoms with van der Waals surface area (Å²) in [5.74, 6) is 0. The van der Waals surface area contributed by atoms with Gasteiger partial charge in [0.2, 0.25) is 6.71 Å². The van der Waals surface area contributed by atoms with E-state index in [4.69, 9.17) is 0 Å². The minimum atomic E-state index is -0.0384. The van der Waals surface area contributed by atoms with Crippen molar-refractivity contribution in [2.45, 2.75) is 19.6 Å². The van der Waals surface area contributed by atoms with E-state index in [0.29, 0.717) is 0 Å². The van der Waals surface area contributed by atoms with Crippen molar-refractivity contribution < 1.29 is 0 Å². The second-order valence-electron chi connectivity index (χ2n) is 19.6. The monoisotopic (exact) mass is 976 g/mol. The molecule has 1 aromatic heterocycles. The average Bonchev–Trinajstić information content (AvgIpc) is 3.97. The molecule has 4 aliphatic heterocycles. The van der Waals surface area contributed by atoms with E-state index in [2.05, 4.69) is 274 Å². The van der Waals surface area contributed by atoms with Crippen molar-refractivity contribution in [1.82, 2.24) is 4.57 Å². The predicted molar refractivity (Wildman–Crippen MR) is 315 cm³/mol. The van der Waals surface area contributed by atoms with Crippen LogP contribution in [0.1, 0.15) is 0 Å². The van der Waals surface area contributed by atoms with Gasteiger partial charge in [-0.3, -0.25) is 0 Å². The third-order valence-electron chi connectivity index (χ3n) is 15.6. The lowest BCUT2D eigenvalue weighted by molar-refractivity contribution is 1.16. The molecule has 0 spiro atoms. The highest BCUT2D eigenvalue weighted by atomic mass is 32.2. The third-order valence-corrected chi connectivity index (χ3v) is 17.9. The predicted octanol–water partition coefficient (Wildman–Crippen LogP) is 13.8. The fourth-order valence-electron chi connectivity index (χ4n) is 12.7. The van der Waals surface area contributed by atoms with Crippen molar-refractivity contribution in [3.8, 4) is 5.69 Å². The zero-order valence-corrected chi connectivity index (χ0v) is 41.6. The van der Waals surface area contributed by atoms with Crippen molar-refractivity contribution in [3.63, 3.8) is 0 Å². The fourth-order valence-corrected chi connectivity index (χ4v) is 15.3. The molecule has 8 heteroatoms. The first-order valence-electron chi connectivity index (χ1n) is 25.4. The van der Waals surface area contributed by atoms with Crippen LogP contribution >= 0.6 is 23.5 Å². The minimum Gasteiger partial charge on any atom is -0.311 e. The van der Waals surface area contributed by atoms with Crippen LogP contribution in [0.3, 0.4) is 0 Å². The van der Waals surface area contributed by atoms with Gasteiger partial charge in [-0.15, -0.1) is 0 Å². The smallest absolute Gasteiger partial charge is 0.252 e. The second-order valence-corrected chi connectivity index (χ2v) is 21.7. The number of rotatable bonds is 7. The lowest BCUT2D eigenvalue weighted by Gasteiger charge is -2.42. The Balaban J connectivity index is 1.01. The first-order chi connectivity index (χ1) is 36.7. The van der Waals surface area contributed by atoms with E-state index >= 15 is 0 Å². The zero-order chi connectivity index (χ0) is 48.4.